The van der Waals surface area contributed by atoms with Crippen LogP contribution in [0.5, 0.6) is 11.5 Å². The second kappa shape index (κ2) is 8.85. The molecule has 3 rings (SSSR count). The van der Waals surface area contributed by atoms with Gasteiger partial charge in [-0.2, -0.15) is 0 Å². The van der Waals surface area contributed by atoms with E-state index in [0.29, 0.717) is 35.1 Å². The highest BCUT2D eigenvalue weighted by molar-refractivity contribution is 5.94. The van der Waals surface area contributed by atoms with Crippen molar-refractivity contribution in [2.24, 2.45) is 0 Å². The molecule has 0 atom stereocenters. The van der Waals surface area contributed by atoms with Gasteiger partial charge in [0, 0.05) is 12.7 Å². The number of anilines is 2. The fraction of sp³-hybridized carbons (Fsp3) is 0.143. The number of ether oxygens (including phenoxy) is 2. The number of aromatic nitrogens is 1. The fourth-order valence-electron chi connectivity index (χ4n) is 2.58. The van der Waals surface area contributed by atoms with Crippen LogP contribution in [0.2, 0.25) is 0 Å². The SMILES string of the molecule is COc1ccc(CNC(=O)c2ccc(Nc3ccccc3F)nc2)cc1OC. The minimum atomic E-state index is -0.374. The molecule has 0 aliphatic heterocycles. The van der Waals surface area contributed by atoms with E-state index in [1.807, 2.05) is 6.07 Å². The van der Waals surface area contributed by atoms with Gasteiger partial charge in [-0.1, -0.05) is 18.2 Å². The molecule has 0 spiro atoms. The first-order chi connectivity index (χ1) is 13.6. The van der Waals surface area contributed by atoms with Gasteiger partial charge in [0.25, 0.3) is 5.91 Å². The average Bonchev–Trinajstić information content (AvgIpc) is 2.74. The summed E-state index contributed by atoms with van der Waals surface area (Å²) in [6, 6.07) is 15.0. The molecule has 0 bridgehead atoms. The van der Waals surface area contributed by atoms with Crippen LogP contribution >= 0.6 is 0 Å². The van der Waals surface area contributed by atoms with Crippen LogP contribution in [0.25, 0.3) is 0 Å². The lowest BCUT2D eigenvalue weighted by Gasteiger charge is -2.11. The molecule has 2 aromatic carbocycles. The van der Waals surface area contributed by atoms with Gasteiger partial charge >= 0.3 is 0 Å². The molecule has 28 heavy (non-hydrogen) atoms. The lowest BCUT2D eigenvalue weighted by molar-refractivity contribution is 0.0950. The van der Waals surface area contributed by atoms with Crippen molar-refractivity contribution >= 4 is 17.4 Å². The Labute approximate surface area is 162 Å². The van der Waals surface area contributed by atoms with E-state index in [-0.39, 0.29) is 11.7 Å². The number of pyridine rings is 1. The Morgan fingerprint density at radius 1 is 1.04 bits per heavy atom. The summed E-state index contributed by atoms with van der Waals surface area (Å²) in [5, 5.41) is 5.70. The second-order valence-corrected chi connectivity index (χ2v) is 5.91. The summed E-state index contributed by atoms with van der Waals surface area (Å²) in [7, 11) is 3.12. The Morgan fingerprint density at radius 2 is 1.82 bits per heavy atom. The molecule has 0 radical (unpaired) electrons. The van der Waals surface area contributed by atoms with Crippen LogP contribution in [-0.2, 0) is 6.54 Å². The van der Waals surface area contributed by atoms with Crippen molar-refractivity contribution in [3.05, 3.63) is 77.7 Å². The number of nitrogens with zero attached hydrogens (tertiary/aromatic N) is 1. The number of carbonyl (C=O) groups is 1. The molecule has 1 aromatic heterocycles. The maximum absolute atomic E-state index is 13.7. The summed E-state index contributed by atoms with van der Waals surface area (Å²) in [6.07, 6.45) is 1.44. The van der Waals surface area contributed by atoms with E-state index >= 15 is 0 Å². The summed E-state index contributed by atoms with van der Waals surface area (Å²) in [5.74, 6) is 1.03. The number of para-hydroxylation sites is 1. The van der Waals surface area contributed by atoms with E-state index < -0.39 is 0 Å². The third-order valence-corrected chi connectivity index (χ3v) is 4.06. The predicted molar refractivity (Wildman–Crippen MR) is 105 cm³/mol. The maximum Gasteiger partial charge on any atom is 0.253 e. The number of hydrogen-bond acceptors (Lipinski definition) is 5. The molecule has 1 heterocycles. The van der Waals surface area contributed by atoms with Crippen molar-refractivity contribution in [3.8, 4) is 11.5 Å². The second-order valence-electron chi connectivity index (χ2n) is 5.91. The molecule has 7 heteroatoms. The molecular formula is C21H20FN3O3. The first kappa shape index (κ1) is 19.2. The Morgan fingerprint density at radius 3 is 2.50 bits per heavy atom. The Hall–Kier alpha value is -3.61. The Kier molecular flexibility index (Phi) is 6.06. The van der Waals surface area contributed by atoms with Gasteiger partial charge in [-0.3, -0.25) is 4.79 Å². The zero-order valence-electron chi connectivity index (χ0n) is 15.5. The summed E-state index contributed by atoms with van der Waals surface area (Å²) >= 11 is 0. The first-order valence-corrected chi connectivity index (χ1v) is 8.57. The van der Waals surface area contributed by atoms with Crippen LogP contribution in [0.4, 0.5) is 15.9 Å². The third kappa shape index (κ3) is 4.56. The van der Waals surface area contributed by atoms with Crippen LogP contribution in [0.15, 0.2) is 60.8 Å². The molecule has 0 aliphatic rings. The molecule has 0 saturated heterocycles. The van der Waals surface area contributed by atoms with E-state index in [9.17, 15) is 9.18 Å². The lowest BCUT2D eigenvalue weighted by atomic mass is 10.2. The highest BCUT2D eigenvalue weighted by Crippen LogP contribution is 2.27. The monoisotopic (exact) mass is 381 g/mol. The van der Waals surface area contributed by atoms with Crippen molar-refractivity contribution in [2.75, 3.05) is 19.5 Å². The lowest BCUT2D eigenvalue weighted by Crippen LogP contribution is -2.23. The minimum Gasteiger partial charge on any atom is -0.493 e. The van der Waals surface area contributed by atoms with E-state index in [2.05, 4.69) is 15.6 Å². The maximum atomic E-state index is 13.7. The minimum absolute atomic E-state index is 0.264. The van der Waals surface area contributed by atoms with Crippen LogP contribution in [-0.4, -0.2) is 25.1 Å². The van der Waals surface area contributed by atoms with Gasteiger partial charge in [0.1, 0.15) is 11.6 Å². The highest BCUT2D eigenvalue weighted by Gasteiger charge is 2.09. The number of benzene rings is 2. The number of carbonyl (C=O) groups excluding carboxylic acids is 1. The summed E-state index contributed by atoms with van der Waals surface area (Å²) in [5.41, 5.74) is 1.59. The number of rotatable bonds is 7. The predicted octanol–water partition coefficient (Wildman–Crippen LogP) is 3.91. The van der Waals surface area contributed by atoms with Crippen molar-refractivity contribution in [1.29, 1.82) is 0 Å². The largest absolute Gasteiger partial charge is 0.493 e. The number of halogens is 1. The molecule has 0 aliphatic carbocycles. The topological polar surface area (TPSA) is 72.5 Å². The molecule has 6 nitrogen and oxygen atoms in total. The van der Waals surface area contributed by atoms with Gasteiger partial charge < -0.3 is 20.1 Å². The summed E-state index contributed by atoms with van der Waals surface area (Å²) in [4.78, 5) is 16.5. The van der Waals surface area contributed by atoms with Gasteiger partial charge in [0.2, 0.25) is 0 Å². The summed E-state index contributed by atoms with van der Waals surface area (Å²) < 4.78 is 24.1. The van der Waals surface area contributed by atoms with Crippen molar-refractivity contribution in [1.82, 2.24) is 10.3 Å². The zero-order valence-corrected chi connectivity index (χ0v) is 15.5. The van der Waals surface area contributed by atoms with E-state index in [1.54, 1.807) is 56.7 Å². The molecule has 0 unspecified atom stereocenters. The normalized spacial score (nSPS) is 10.2. The first-order valence-electron chi connectivity index (χ1n) is 8.57. The van der Waals surface area contributed by atoms with Crippen molar-refractivity contribution in [3.63, 3.8) is 0 Å². The van der Waals surface area contributed by atoms with Crippen molar-refractivity contribution < 1.29 is 18.7 Å². The number of amides is 1. The van der Waals surface area contributed by atoms with Crippen LogP contribution < -0.4 is 20.1 Å². The molecule has 2 N–H and O–H groups in total. The van der Waals surface area contributed by atoms with Crippen LogP contribution in [0.1, 0.15) is 15.9 Å². The molecule has 0 saturated carbocycles. The van der Waals surface area contributed by atoms with Gasteiger partial charge in [0.15, 0.2) is 11.5 Å². The Bertz CT molecular complexity index is 961. The zero-order chi connectivity index (χ0) is 19.9. The molecular weight excluding hydrogens is 361 g/mol. The molecule has 144 valence electrons. The van der Waals surface area contributed by atoms with Gasteiger partial charge in [-0.05, 0) is 42.0 Å². The quantitative estimate of drug-likeness (QED) is 0.649. The fourth-order valence-corrected chi connectivity index (χ4v) is 2.58. The summed E-state index contributed by atoms with van der Waals surface area (Å²) in [6.45, 7) is 0.328. The number of nitrogens with one attached hydrogen (secondary N) is 2. The van der Waals surface area contributed by atoms with Crippen molar-refractivity contribution in [2.45, 2.75) is 6.54 Å². The van der Waals surface area contributed by atoms with E-state index in [4.69, 9.17) is 9.47 Å². The van der Waals surface area contributed by atoms with Gasteiger partial charge in [0.05, 0.1) is 25.5 Å². The van der Waals surface area contributed by atoms with Crippen LogP contribution in [0, 0.1) is 5.82 Å². The molecule has 1 amide bonds. The standard InChI is InChI=1S/C21H20FN3O3/c1-27-18-9-7-14(11-19(18)28-2)12-24-21(26)15-8-10-20(23-13-15)25-17-6-4-3-5-16(17)22/h3-11,13H,12H2,1-2H3,(H,23,25)(H,24,26). The number of methoxy groups -OCH3 is 2. The average molecular weight is 381 g/mol. The van der Waals surface area contributed by atoms with Gasteiger partial charge in [-0.15, -0.1) is 0 Å². The highest BCUT2D eigenvalue weighted by atomic mass is 19.1. The molecule has 3 aromatic rings. The van der Waals surface area contributed by atoms with E-state index in [0.717, 1.165) is 5.56 Å². The van der Waals surface area contributed by atoms with E-state index in [1.165, 1.54) is 12.3 Å². The van der Waals surface area contributed by atoms with Crippen LogP contribution in [0.3, 0.4) is 0 Å². The number of hydrogen-bond donors (Lipinski definition) is 2. The molecule has 0 fully saturated rings. The Balaban J connectivity index is 1.61. The smallest absolute Gasteiger partial charge is 0.253 e. The van der Waals surface area contributed by atoms with Gasteiger partial charge in [-0.25, -0.2) is 9.37 Å². The third-order valence-electron chi connectivity index (χ3n) is 4.06.